The summed E-state index contributed by atoms with van der Waals surface area (Å²) >= 11 is 0. The molecule has 0 atom stereocenters. The van der Waals surface area contributed by atoms with Crippen molar-refractivity contribution < 1.29 is 42.5 Å². The maximum Gasteiger partial charge on any atom is 1.00 e. The van der Waals surface area contributed by atoms with Crippen LogP contribution in [0, 0.1) is 0 Å². The average molecular weight is 263 g/mol. The number of rotatable bonds is 9. The van der Waals surface area contributed by atoms with Crippen LogP contribution in [-0.2, 0) is 9.15 Å². The van der Waals surface area contributed by atoms with Gasteiger partial charge in [0.15, 0.2) is 0 Å². The van der Waals surface area contributed by atoms with E-state index in [4.69, 9.17) is 0 Å². The Hall–Kier alpha value is 1.22. The second-order valence-corrected chi connectivity index (χ2v) is 6.49. The zero-order chi connectivity index (χ0) is 10.9. The predicted octanol–water partition coefficient (Wildman–Crippen LogP) is -1.65. The number of hydrogen-bond acceptors (Lipinski definition) is 5. The van der Waals surface area contributed by atoms with E-state index in [2.05, 4.69) is 5.32 Å². The summed E-state index contributed by atoms with van der Waals surface area (Å²) in [6, 6.07) is 0. The van der Waals surface area contributed by atoms with Gasteiger partial charge in [0.1, 0.15) is 9.15 Å². The van der Waals surface area contributed by atoms with Crippen molar-refractivity contribution in [2.75, 3.05) is 19.3 Å². The van der Waals surface area contributed by atoms with Gasteiger partial charge in [-0.1, -0.05) is 19.3 Å². The summed E-state index contributed by atoms with van der Waals surface area (Å²) in [5.74, 6) is 0.428. The quantitative estimate of drug-likeness (QED) is 0.234. The smallest absolute Gasteiger partial charge is 0.739 e. The van der Waals surface area contributed by atoms with E-state index < -0.39 is 9.15 Å². The molecule has 0 saturated heterocycles. The first-order valence-corrected chi connectivity index (χ1v) is 7.72. The van der Waals surface area contributed by atoms with Gasteiger partial charge in [0, 0.05) is 5.75 Å². The average Bonchev–Trinajstić information content (AvgIpc) is 2.08. The molecule has 0 saturated carbocycles. The normalized spacial score (nSPS) is 11.1. The Balaban J connectivity index is 0. The van der Waals surface area contributed by atoms with Gasteiger partial charge in [0.25, 0.3) is 0 Å². The second-order valence-electron chi connectivity index (χ2n) is 3.10. The molecule has 0 aromatic rings. The van der Waals surface area contributed by atoms with Crippen molar-refractivity contribution in [3.05, 3.63) is 0 Å². The number of hydrogen-bond donors (Lipinski definition) is 1. The van der Waals surface area contributed by atoms with Gasteiger partial charge in [-0.25, -0.2) is 8.42 Å². The molecule has 0 aromatic carbocycles. The predicted molar refractivity (Wildman–Crippen MR) is 59.2 cm³/mol. The Morgan fingerprint density at radius 2 is 1.67 bits per heavy atom. The molecule has 0 spiro atoms. The second kappa shape index (κ2) is 11.7. The molecule has 1 N–H and O–H groups in total. The summed E-state index contributed by atoms with van der Waals surface area (Å²) in [4.78, 5) is 0. The van der Waals surface area contributed by atoms with E-state index in [1.807, 2.05) is 7.05 Å². The van der Waals surface area contributed by atoms with Crippen molar-refractivity contribution in [1.29, 1.82) is 0 Å². The SMILES string of the molecule is CNCCCCCCCSS(=O)(=O)[O-].[Na+]. The van der Waals surface area contributed by atoms with E-state index >= 15 is 0 Å². The Kier molecular flexibility index (Phi) is 14.5. The molecule has 86 valence electrons. The molecular formula is C8H18NNaO3S2. The van der Waals surface area contributed by atoms with Gasteiger partial charge >= 0.3 is 29.6 Å². The van der Waals surface area contributed by atoms with Gasteiger partial charge < -0.3 is 9.87 Å². The van der Waals surface area contributed by atoms with E-state index in [-0.39, 0.29) is 29.6 Å². The molecule has 7 heteroatoms. The molecule has 4 nitrogen and oxygen atoms in total. The molecule has 0 unspecified atom stereocenters. The molecule has 0 bridgehead atoms. The topological polar surface area (TPSA) is 69.2 Å². The van der Waals surface area contributed by atoms with E-state index in [0.29, 0.717) is 16.5 Å². The molecule has 15 heavy (non-hydrogen) atoms. The summed E-state index contributed by atoms with van der Waals surface area (Å²) in [5, 5.41) is 3.06. The molecule has 0 aromatic heterocycles. The van der Waals surface area contributed by atoms with Crippen molar-refractivity contribution in [2.24, 2.45) is 0 Å². The van der Waals surface area contributed by atoms with Crippen molar-refractivity contribution in [2.45, 2.75) is 32.1 Å². The van der Waals surface area contributed by atoms with Crippen LogP contribution in [0.4, 0.5) is 0 Å². The Labute approximate surface area is 118 Å². The largest absolute Gasteiger partial charge is 1.00 e. The first kappa shape index (κ1) is 18.6. The van der Waals surface area contributed by atoms with Crippen LogP contribution in [0.2, 0.25) is 0 Å². The number of nitrogens with one attached hydrogen (secondary N) is 1. The van der Waals surface area contributed by atoms with Crippen LogP contribution >= 0.6 is 10.8 Å². The third-order valence-corrected chi connectivity index (χ3v) is 3.91. The van der Waals surface area contributed by atoms with Crippen LogP contribution < -0.4 is 34.9 Å². The minimum absolute atomic E-state index is 0. The Bertz CT molecular complexity index is 222. The molecule has 0 fully saturated rings. The summed E-state index contributed by atoms with van der Waals surface area (Å²) in [6.07, 6.45) is 5.25. The molecule has 0 aliphatic rings. The third-order valence-electron chi connectivity index (χ3n) is 1.80. The van der Waals surface area contributed by atoms with Gasteiger partial charge in [0.05, 0.1) is 0 Å². The van der Waals surface area contributed by atoms with Crippen molar-refractivity contribution >= 4 is 19.9 Å². The monoisotopic (exact) mass is 263 g/mol. The fraction of sp³-hybridized carbons (Fsp3) is 1.00. The summed E-state index contributed by atoms with van der Waals surface area (Å²) in [6.45, 7) is 1.03. The van der Waals surface area contributed by atoms with Crippen molar-refractivity contribution in [1.82, 2.24) is 5.32 Å². The fourth-order valence-corrected chi connectivity index (χ4v) is 2.59. The van der Waals surface area contributed by atoms with Gasteiger partial charge in [-0.05, 0) is 37.2 Å². The number of unbranched alkanes of at least 4 members (excludes halogenated alkanes) is 4. The minimum Gasteiger partial charge on any atom is -0.739 e. The first-order valence-electron chi connectivity index (χ1n) is 4.81. The molecule has 0 radical (unpaired) electrons. The minimum atomic E-state index is -4.07. The van der Waals surface area contributed by atoms with Gasteiger partial charge in [0.2, 0.25) is 0 Å². The van der Waals surface area contributed by atoms with Gasteiger partial charge in [-0.3, -0.25) is 0 Å². The van der Waals surface area contributed by atoms with Crippen LogP contribution in [0.1, 0.15) is 32.1 Å². The van der Waals surface area contributed by atoms with Gasteiger partial charge in [-0.15, -0.1) is 0 Å². The Morgan fingerprint density at radius 3 is 2.20 bits per heavy atom. The van der Waals surface area contributed by atoms with Crippen molar-refractivity contribution in [3.8, 4) is 0 Å². The van der Waals surface area contributed by atoms with E-state index in [1.54, 1.807) is 0 Å². The summed E-state index contributed by atoms with van der Waals surface area (Å²) < 4.78 is 30.6. The van der Waals surface area contributed by atoms with Crippen molar-refractivity contribution in [3.63, 3.8) is 0 Å². The molecule has 0 rings (SSSR count). The third kappa shape index (κ3) is 17.8. The van der Waals surface area contributed by atoms with Gasteiger partial charge in [-0.2, -0.15) is 0 Å². The molecule has 0 aliphatic heterocycles. The zero-order valence-electron chi connectivity index (χ0n) is 9.49. The van der Waals surface area contributed by atoms with Crippen LogP contribution in [0.25, 0.3) is 0 Å². The van der Waals surface area contributed by atoms with E-state index in [0.717, 1.165) is 38.6 Å². The van der Waals surface area contributed by atoms with E-state index in [9.17, 15) is 13.0 Å². The maximum atomic E-state index is 10.2. The molecule has 0 heterocycles. The zero-order valence-corrected chi connectivity index (χ0v) is 13.1. The summed E-state index contributed by atoms with van der Waals surface area (Å²) in [7, 11) is -1.64. The van der Waals surface area contributed by atoms with Crippen LogP contribution in [0.3, 0.4) is 0 Å². The van der Waals surface area contributed by atoms with Crippen LogP contribution in [0.15, 0.2) is 0 Å². The Morgan fingerprint density at radius 1 is 1.13 bits per heavy atom. The molecule has 0 aliphatic carbocycles. The molecule has 0 amide bonds. The molecular weight excluding hydrogens is 245 g/mol. The van der Waals surface area contributed by atoms with E-state index in [1.165, 1.54) is 0 Å². The maximum absolute atomic E-state index is 10.2. The standard InChI is InChI=1S/C8H19NO3S2.Na/c1-9-7-5-3-2-4-6-8-13-14(10,11)12;/h9H,2-8H2,1H3,(H,10,11,12);/q;+1/p-1. The first-order chi connectivity index (χ1) is 6.56. The van der Waals surface area contributed by atoms with Crippen LogP contribution in [0.5, 0.6) is 0 Å². The van der Waals surface area contributed by atoms with Crippen LogP contribution in [-0.4, -0.2) is 32.3 Å². The fourth-order valence-electron chi connectivity index (χ4n) is 1.10. The summed E-state index contributed by atoms with van der Waals surface area (Å²) in [5.41, 5.74) is 0.